The van der Waals surface area contributed by atoms with Crippen LogP contribution in [-0.2, 0) is 0 Å². The number of benzene rings is 4. The minimum absolute atomic E-state index is 0.370. The van der Waals surface area contributed by atoms with Crippen LogP contribution in [0.5, 0.6) is 11.5 Å². The summed E-state index contributed by atoms with van der Waals surface area (Å²) >= 11 is 0. The van der Waals surface area contributed by atoms with E-state index < -0.39 is 0 Å². The highest BCUT2D eigenvalue weighted by atomic mass is 16.5. The van der Waals surface area contributed by atoms with E-state index in [2.05, 4.69) is 54.9 Å². The third-order valence-corrected chi connectivity index (χ3v) is 6.49. The maximum absolute atomic E-state index is 9.76. The molecule has 0 amide bonds. The van der Waals surface area contributed by atoms with Gasteiger partial charge < -0.3 is 9.30 Å². The van der Waals surface area contributed by atoms with E-state index in [0.717, 1.165) is 56.3 Å². The monoisotopic (exact) mass is 480 g/mol. The molecule has 0 spiro atoms. The second-order valence-electron chi connectivity index (χ2n) is 9.02. The number of ether oxygens (including phenoxy) is 1. The number of rotatable bonds is 5. The van der Waals surface area contributed by atoms with Gasteiger partial charge in [-0.2, -0.15) is 5.26 Å². The summed E-state index contributed by atoms with van der Waals surface area (Å²) in [6.45, 7) is 4.12. The minimum atomic E-state index is 0.370. The first-order valence-corrected chi connectivity index (χ1v) is 12.1. The fraction of sp³-hybridized carbons (Fsp3) is 0.0625. The first-order chi connectivity index (χ1) is 18.1. The molecule has 5 nitrogen and oxygen atoms in total. The van der Waals surface area contributed by atoms with Crippen molar-refractivity contribution < 1.29 is 4.74 Å². The van der Waals surface area contributed by atoms with E-state index in [1.807, 2.05) is 83.6 Å². The van der Waals surface area contributed by atoms with E-state index in [9.17, 15) is 5.26 Å². The molecule has 0 aliphatic heterocycles. The highest BCUT2D eigenvalue weighted by molar-refractivity contribution is 5.96. The quantitative estimate of drug-likeness (QED) is 0.253. The summed E-state index contributed by atoms with van der Waals surface area (Å²) in [5.74, 6) is 2.29. The summed E-state index contributed by atoms with van der Waals surface area (Å²) in [5, 5.41) is 10.8. The van der Waals surface area contributed by atoms with Gasteiger partial charge in [-0.1, -0.05) is 54.6 Å². The van der Waals surface area contributed by atoms with Crippen LogP contribution in [0, 0.1) is 25.2 Å². The van der Waals surface area contributed by atoms with Gasteiger partial charge in [0.1, 0.15) is 23.4 Å². The van der Waals surface area contributed by atoms with Crippen LogP contribution in [0.2, 0.25) is 0 Å². The van der Waals surface area contributed by atoms with Gasteiger partial charge in [-0.15, -0.1) is 0 Å². The van der Waals surface area contributed by atoms with E-state index in [1.54, 1.807) is 0 Å². The molecule has 4 aromatic carbocycles. The number of hydrogen-bond donors (Lipinski definition) is 0. The molecule has 0 bridgehead atoms. The van der Waals surface area contributed by atoms with Gasteiger partial charge in [0.2, 0.25) is 0 Å². The Kier molecular flexibility index (Phi) is 5.55. The van der Waals surface area contributed by atoms with E-state index in [-0.39, 0.29) is 0 Å². The largest absolute Gasteiger partial charge is 0.457 e. The van der Waals surface area contributed by atoms with Crippen LogP contribution in [0.1, 0.15) is 16.8 Å². The summed E-state index contributed by atoms with van der Waals surface area (Å²) in [7, 11) is 0. The maximum Gasteiger partial charge on any atom is 0.159 e. The Balaban J connectivity index is 1.52. The second-order valence-corrected chi connectivity index (χ2v) is 9.02. The van der Waals surface area contributed by atoms with Crippen molar-refractivity contribution in [3.63, 3.8) is 0 Å². The Morgan fingerprint density at radius 1 is 0.730 bits per heavy atom. The molecule has 0 N–H and O–H groups in total. The van der Waals surface area contributed by atoms with E-state index in [1.165, 1.54) is 0 Å². The highest BCUT2D eigenvalue weighted by Gasteiger charge is 2.20. The van der Waals surface area contributed by atoms with E-state index in [0.29, 0.717) is 5.69 Å². The highest BCUT2D eigenvalue weighted by Crippen LogP contribution is 2.36. The summed E-state index contributed by atoms with van der Waals surface area (Å²) in [6.07, 6.45) is 3.93. The Morgan fingerprint density at radius 3 is 2.08 bits per heavy atom. The molecule has 0 saturated carbocycles. The summed E-state index contributed by atoms with van der Waals surface area (Å²) in [4.78, 5) is 4.76. The average Bonchev–Trinajstić information content (AvgIpc) is 3.51. The number of imidazole rings is 1. The van der Waals surface area contributed by atoms with Gasteiger partial charge >= 0.3 is 0 Å². The second kappa shape index (κ2) is 9.18. The summed E-state index contributed by atoms with van der Waals surface area (Å²) in [6, 6.07) is 34.6. The smallest absolute Gasteiger partial charge is 0.159 e. The number of nitrogens with zero attached hydrogens (tertiary/aromatic N) is 4. The minimum Gasteiger partial charge on any atom is -0.457 e. The van der Waals surface area contributed by atoms with Crippen molar-refractivity contribution in [2.45, 2.75) is 13.8 Å². The zero-order valence-electron chi connectivity index (χ0n) is 20.6. The number of aryl methyl sites for hydroxylation is 2. The van der Waals surface area contributed by atoms with Gasteiger partial charge in [0.25, 0.3) is 0 Å². The lowest BCUT2D eigenvalue weighted by molar-refractivity contribution is 0.481. The molecule has 0 aliphatic carbocycles. The third kappa shape index (κ3) is 4.05. The molecule has 178 valence electrons. The molecular formula is C32H24N4O. The molecule has 0 saturated heterocycles. The molecule has 0 atom stereocenters. The number of aromatic nitrogens is 3. The maximum atomic E-state index is 9.76. The molecule has 2 heterocycles. The predicted octanol–water partition coefficient (Wildman–Crippen LogP) is 7.76. The SMILES string of the molecule is Cc1cc(Oc2ccccc2)cc(C)c1-n1cc(C#N)nc1-c1cn(-c2ccccc2)c2ccccc12. The van der Waals surface area contributed by atoms with Crippen LogP contribution in [0.25, 0.3) is 33.7 Å². The molecule has 6 aromatic rings. The lowest BCUT2D eigenvalue weighted by atomic mass is 10.1. The van der Waals surface area contributed by atoms with Crippen LogP contribution in [0.3, 0.4) is 0 Å². The average molecular weight is 481 g/mol. The van der Waals surface area contributed by atoms with Gasteiger partial charge in [0.15, 0.2) is 5.69 Å². The summed E-state index contributed by atoms with van der Waals surface area (Å²) < 4.78 is 10.3. The first-order valence-electron chi connectivity index (χ1n) is 12.1. The lowest BCUT2D eigenvalue weighted by Gasteiger charge is -2.16. The fourth-order valence-electron chi connectivity index (χ4n) is 4.93. The molecular weight excluding hydrogens is 456 g/mol. The molecule has 5 heteroatoms. The van der Waals surface area contributed by atoms with Gasteiger partial charge in [-0.05, 0) is 67.4 Å². The van der Waals surface area contributed by atoms with E-state index in [4.69, 9.17) is 9.72 Å². The van der Waals surface area contributed by atoms with Gasteiger partial charge in [-0.3, -0.25) is 4.57 Å². The fourth-order valence-corrected chi connectivity index (χ4v) is 4.93. The summed E-state index contributed by atoms with van der Waals surface area (Å²) in [5.41, 5.74) is 6.53. The predicted molar refractivity (Wildman–Crippen MR) is 147 cm³/mol. The number of nitriles is 1. The zero-order valence-corrected chi connectivity index (χ0v) is 20.6. The lowest BCUT2D eigenvalue weighted by Crippen LogP contribution is -2.02. The normalized spacial score (nSPS) is 10.9. The topological polar surface area (TPSA) is 55.8 Å². The number of para-hydroxylation sites is 3. The molecule has 0 unspecified atom stereocenters. The first kappa shape index (κ1) is 22.4. The Morgan fingerprint density at radius 2 is 1.38 bits per heavy atom. The van der Waals surface area contributed by atoms with Crippen molar-refractivity contribution in [2.24, 2.45) is 0 Å². The zero-order chi connectivity index (χ0) is 25.4. The van der Waals surface area contributed by atoms with Crippen LogP contribution in [-0.4, -0.2) is 14.1 Å². The van der Waals surface area contributed by atoms with Crippen LogP contribution < -0.4 is 4.74 Å². The van der Waals surface area contributed by atoms with Gasteiger partial charge in [0, 0.05) is 29.0 Å². The van der Waals surface area contributed by atoms with Crippen molar-refractivity contribution in [1.29, 1.82) is 5.26 Å². The van der Waals surface area contributed by atoms with Crippen molar-refractivity contribution in [3.8, 4) is 40.3 Å². The molecule has 0 fully saturated rings. The molecule has 37 heavy (non-hydrogen) atoms. The molecule has 2 aromatic heterocycles. The van der Waals surface area contributed by atoms with Crippen LogP contribution in [0.15, 0.2) is 109 Å². The van der Waals surface area contributed by atoms with Gasteiger partial charge in [-0.25, -0.2) is 4.98 Å². The van der Waals surface area contributed by atoms with Crippen molar-refractivity contribution >= 4 is 10.9 Å². The Hall–Kier alpha value is -5.08. The van der Waals surface area contributed by atoms with E-state index >= 15 is 0 Å². The molecule has 0 aliphatic rings. The van der Waals surface area contributed by atoms with Crippen LogP contribution >= 0.6 is 0 Å². The number of hydrogen-bond acceptors (Lipinski definition) is 3. The Bertz CT molecular complexity index is 1750. The molecule has 0 radical (unpaired) electrons. The van der Waals surface area contributed by atoms with Gasteiger partial charge in [0.05, 0.1) is 11.2 Å². The van der Waals surface area contributed by atoms with Crippen molar-refractivity contribution in [3.05, 3.63) is 126 Å². The third-order valence-electron chi connectivity index (χ3n) is 6.49. The number of fused-ring (bicyclic) bond motifs is 1. The van der Waals surface area contributed by atoms with Crippen molar-refractivity contribution in [2.75, 3.05) is 0 Å². The molecule has 6 rings (SSSR count). The van der Waals surface area contributed by atoms with Crippen molar-refractivity contribution in [1.82, 2.24) is 14.1 Å². The standard InChI is InChI=1S/C32H24N4O/c1-22-17-27(37-26-13-7-4-8-14-26)18-23(2)31(22)36-20-24(19-33)34-32(36)29-21-35(25-11-5-3-6-12-25)30-16-10-9-15-28(29)30/h3-18,20-21H,1-2H3. The Labute approximate surface area is 215 Å². The van der Waals surface area contributed by atoms with Crippen LogP contribution in [0.4, 0.5) is 0 Å².